The summed E-state index contributed by atoms with van der Waals surface area (Å²) in [7, 11) is 1.33. The van der Waals surface area contributed by atoms with Crippen LogP contribution >= 0.6 is 0 Å². The van der Waals surface area contributed by atoms with E-state index in [0.717, 1.165) is 0 Å². The van der Waals surface area contributed by atoms with E-state index in [1.54, 1.807) is 53.1 Å². The first-order valence-electron chi connectivity index (χ1n) is 6.65. The molecule has 0 saturated carbocycles. The maximum atomic E-state index is 11.7. The fourth-order valence-corrected chi connectivity index (χ4v) is 2.13. The van der Waals surface area contributed by atoms with Crippen molar-refractivity contribution in [2.24, 2.45) is 0 Å². The van der Waals surface area contributed by atoms with Crippen molar-refractivity contribution < 1.29 is 19.4 Å². The molecule has 0 atom stereocenters. The number of methoxy groups -OCH3 is 1. The van der Waals surface area contributed by atoms with Gasteiger partial charge in [0.2, 0.25) is 0 Å². The van der Waals surface area contributed by atoms with Crippen LogP contribution in [0.25, 0.3) is 5.65 Å². The number of para-hydroxylation sites is 2. The van der Waals surface area contributed by atoms with Gasteiger partial charge in [-0.2, -0.15) is 0 Å². The third kappa shape index (κ3) is 2.58. The average molecular weight is 298 g/mol. The number of benzene rings is 1. The van der Waals surface area contributed by atoms with E-state index >= 15 is 0 Å². The van der Waals surface area contributed by atoms with E-state index in [1.807, 2.05) is 0 Å². The predicted molar refractivity (Wildman–Crippen MR) is 79.0 cm³/mol. The number of phenols is 1. The van der Waals surface area contributed by atoms with Gasteiger partial charge >= 0.3 is 5.97 Å². The van der Waals surface area contributed by atoms with E-state index in [0.29, 0.717) is 22.8 Å². The van der Waals surface area contributed by atoms with Crippen LogP contribution in [0.3, 0.4) is 0 Å². The minimum absolute atomic E-state index is 0.0708. The highest BCUT2D eigenvalue weighted by molar-refractivity contribution is 5.88. The smallest absolute Gasteiger partial charge is 0.355 e. The van der Waals surface area contributed by atoms with E-state index in [1.165, 1.54) is 7.11 Å². The summed E-state index contributed by atoms with van der Waals surface area (Å²) >= 11 is 0. The molecule has 0 radical (unpaired) electrons. The van der Waals surface area contributed by atoms with Gasteiger partial charge in [0.25, 0.3) is 0 Å². The summed E-state index contributed by atoms with van der Waals surface area (Å²) < 4.78 is 11.9. The maximum absolute atomic E-state index is 11.7. The number of esters is 1. The number of aromatic nitrogens is 2. The summed E-state index contributed by atoms with van der Waals surface area (Å²) in [5.74, 6) is 0.0189. The molecule has 0 saturated heterocycles. The Labute approximate surface area is 126 Å². The highest BCUT2D eigenvalue weighted by Gasteiger charge is 2.12. The number of ether oxygens (including phenoxy) is 2. The van der Waals surface area contributed by atoms with Gasteiger partial charge in [-0.05, 0) is 24.3 Å². The van der Waals surface area contributed by atoms with Crippen LogP contribution in [0.2, 0.25) is 0 Å². The Morgan fingerprint density at radius 2 is 2.05 bits per heavy atom. The van der Waals surface area contributed by atoms with Crippen LogP contribution < -0.4 is 4.74 Å². The van der Waals surface area contributed by atoms with Gasteiger partial charge in [0, 0.05) is 6.20 Å². The van der Waals surface area contributed by atoms with Crippen LogP contribution in [-0.2, 0) is 11.3 Å². The lowest BCUT2D eigenvalue weighted by Crippen LogP contribution is -2.07. The van der Waals surface area contributed by atoms with Gasteiger partial charge in [-0.25, -0.2) is 9.78 Å². The number of imidazole rings is 1. The molecule has 0 bridgehead atoms. The molecule has 0 spiro atoms. The zero-order valence-electron chi connectivity index (χ0n) is 11.9. The van der Waals surface area contributed by atoms with Crippen molar-refractivity contribution in [1.82, 2.24) is 9.38 Å². The third-order valence-electron chi connectivity index (χ3n) is 3.18. The molecule has 112 valence electrons. The minimum Gasteiger partial charge on any atom is -0.504 e. The Hall–Kier alpha value is -3.02. The number of rotatable bonds is 4. The SMILES string of the molecule is COC(=O)c1cccc2nc(COc3ccccc3O)cn12. The number of pyridine rings is 1. The van der Waals surface area contributed by atoms with Crippen molar-refractivity contribution in [2.75, 3.05) is 7.11 Å². The molecule has 22 heavy (non-hydrogen) atoms. The van der Waals surface area contributed by atoms with E-state index < -0.39 is 5.97 Å². The first-order valence-corrected chi connectivity index (χ1v) is 6.65. The van der Waals surface area contributed by atoms with Gasteiger partial charge < -0.3 is 14.6 Å². The van der Waals surface area contributed by atoms with Crippen molar-refractivity contribution >= 4 is 11.6 Å². The first-order chi connectivity index (χ1) is 10.7. The molecule has 0 amide bonds. The number of fused-ring (bicyclic) bond motifs is 1. The highest BCUT2D eigenvalue weighted by Crippen LogP contribution is 2.25. The van der Waals surface area contributed by atoms with Crippen LogP contribution in [0.4, 0.5) is 0 Å². The van der Waals surface area contributed by atoms with Crippen molar-refractivity contribution in [3.8, 4) is 11.5 Å². The zero-order valence-corrected chi connectivity index (χ0v) is 11.9. The average Bonchev–Trinajstić information content (AvgIpc) is 2.96. The monoisotopic (exact) mass is 298 g/mol. The normalized spacial score (nSPS) is 10.6. The molecule has 1 aromatic carbocycles. The lowest BCUT2D eigenvalue weighted by molar-refractivity contribution is 0.0592. The number of hydrogen-bond donors (Lipinski definition) is 1. The summed E-state index contributed by atoms with van der Waals surface area (Å²) in [4.78, 5) is 16.1. The second-order valence-corrected chi connectivity index (χ2v) is 4.62. The fourth-order valence-electron chi connectivity index (χ4n) is 2.13. The summed E-state index contributed by atoms with van der Waals surface area (Å²) in [6, 6.07) is 11.9. The molecule has 2 aromatic heterocycles. The molecular formula is C16H14N2O4. The molecule has 0 aliphatic rings. The Morgan fingerprint density at radius 1 is 1.23 bits per heavy atom. The standard InChI is InChI=1S/C16H14N2O4/c1-21-16(20)12-5-4-8-15-17-11(9-18(12)15)10-22-14-7-3-2-6-13(14)19/h2-9,19H,10H2,1H3. The zero-order chi connectivity index (χ0) is 15.5. The molecule has 0 aliphatic heterocycles. The number of phenolic OH excluding ortho intramolecular Hbond substituents is 1. The molecule has 0 fully saturated rings. The van der Waals surface area contributed by atoms with E-state index in [4.69, 9.17) is 9.47 Å². The summed E-state index contributed by atoms with van der Waals surface area (Å²) in [5.41, 5.74) is 1.65. The fraction of sp³-hybridized carbons (Fsp3) is 0.125. The van der Waals surface area contributed by atoms with E-state index in [9.17, 15) is 9.90 Å². The Morgan fingerprint density at radius 3 is 2.82 bits per heavy atom. The van der Waals surface area contributed by atoms with E-state index in [-0.39, 0.29) is 12.4 Å². The van der Waals surface area contributed by atoms with Gasteiger partial charge in [-0.3, -0.25) is 4.40 Å². The Kier molecular flexibility index (Phi) is 3.65. The molecular weight excluding hydrogens is 284 g/mol. The predicted octanol–water partition coefficient (Wildman–Crippen LogP) is 2.41. The second kappa shape index (κ2) is 5.77. The lowest BCUT2D eigenvalue weighted by Gasteiger charge is -2.05. The quantitative estimate of drug-likeness (QED) is 0.749. The van der Waals surface area contributed by atoms with Gasteiger partial charge in [-0.15, -0.1) is 0 Å². The van der Waals surface area contributed by atoms with Crippen LogP contribution in [-0.4, -0.2) is 27.6 Å². The molecule has 0 aliphatic carbocycles. The molecule has 1 N–H and O–H groups in total. The third-order valence-corrected chi connectivity index (χ3v) is 3.18. The largest absolute Gasteiger partial charge is 0.504 e. The molecule has 0 unspecified atom stereocenters. The van der Waals surface area contributed by atoms with Crippen LogP contribution in [0, 0.1) is 0 Å². The van der Waals surface area contributed by atoms with Crippen molar-refractivity contribution in [2.45, 2.75) is 6.61 Å². The van der Waals surface area contributed by atoms with Gasteiger partial charge in [0.1, 0.15) is 17.9 Å². The Bertz CT molecular complexity index is 826. The molecule has 6 nitrogen and oxygen atoms in total. The van der Waals surface area contributed by atoms with Gasteiger partial charge in [0.15, 0.2) is 11.5 Å². The van der Waals surface area contributed by atoms with Crippen molar-refractivity contribution in [3.05, 3.63) is 60.0 Å². The highest BCUT2D eigenvalue weighted by atomic mass is 16.5. The topological polar surface area (TPSA) is 73.1 Å². The lowest BCUT2D eigenvalue weighted by atomic mass is 10.3. The van der Waals surface area contributed by atoms with Gasteiger partial charge in [-0.1, -0.05) is 18.2 Å². The molecule has 6 heteroatoms. The number of aromatic hydroxyl groups is 1. The number of carbonyl (C=O) groups is 1. The van der Waals surface area contributed by atoms with Crippen molar-refractivity contribution in [1.29, 1.82) is 0 Å². The Balaban J connectivity index is 1.86. The second-order valence-electron chi connectivity index (χ2n) is 4.62. The molecule has 3 rings (SSSR count). The van der Waals surface area contributed by atoms with E-state index in [2.05, 4.69) is 4.98 Å². The summed E-state index contributed by atoms with van der Waals surface area (Å²) in [6.45, 7) is 0.180. The van der Waals surface area contributed by atoms with Gasteiger partial charge in [0.05, 0.1) is 12.8 Å². The molecule has 2 heterocycles. The molecule has 3 aromatic rings. The van der Waals surface area contributed by atoms with Crippen LogP contribution in [0.5, 0.6) is 11.5 Å². The van der Waals surface area contributed by atoms with Crippen LogP contribution in [0.15, 0.2) is 48.7 Å². The summed E-state index contributed by atoms with van der Waals surface area (Å²) in [6.07, 6.45) is 1.71. The van der Waals surface area contributed by atoms with Crippen LogP contribution in [0.1, 0.15) is 16.2 Å². The minimum atomic E-state index is -0.434. The first kappa shape index (κ1) is 13.9. The van der Waals surface area contributed by atoms with Crippen molar-refractivity contribution in [3.63, 3.8) is 0 Å². The number of nitrogens with zero attached hydrogens (tertiary/aromatic N) is 2. The number of carbonyl (C=O) groups excluding carboxylic acids is 1. The maximum Gasteiger partial charge on any atom is 0.355 e. The number of hydrogen-bond acceptors (Lipinski definition) is 5. The summed E-state index contributed by atoms with van der Waals surface area (Å²) in [5, 5.41) is 9.67.